The Morgan fingerprint density at radius 3 is 1.88 bits per heavy atom. The zero-order valence-corrected chi connectivity index (χ0v) is 34.4. The number of carbonyl (C=O) groups is 2. The van der Waals surface area contributed by atoms with Gasteiger partial charge in [0.2, 0.25) is 0 Å². The molecule has 10 heteroatoms. The van der Waals surface area contributed by atoms with Crippen molar-refractivity contribution >= 4 is 44.4 Å². The van der Waals surface area contributed by atoms with Crippen LogP contribution in [0.2, 0.25) is 23.2 Å². The van der Waals surface area contributed by atoms with Crippen molar-refractivity contribution in [3.63, 3.8) is 0 Å². The lowest BCUT2D eigenvalue weighted by Crippen LogP contribution is -2.69. The van der Waals surface area contributed by atoms with Crippen LogP contribution in [0.3, 0.4) is 0 Å². The molecule has 0 aliphatic heterocycles. The highest BCUT2D eigenvalue weighted by molar-refractivity contribution is 6.99. The van der Waals surface area contributed by atoms with Gasteiger partial charge in [0.1, 0.15) is 0 Å². The molecule has 3 atom stereocenters. The average molecular weight is 732 g/mol. The molecule has 51 heavy (non-hydrogen) atoms. The SMILES string of the molecule is COC(=O)[C@@]1(c2cccc([N+](=O)[O-])c2)C[C@@H](O[Si](c2ccccc2)(c2ccccc2)C(C)(C)C)C[C@@H](C(C)(C)CCO[Si](C)(C)C(C)(C)C)C1=O. The highest BCUT2D eigenvalue weighted by Gasteiger charge is 2.61. The first-order chi connectivity index (χ1) is 23.6. The summed E-state index contributed by atoms with van der Waals surface area (Å²) < 4.78 is 19.7. The lowest BCUT2D eigenvalue weighted by molar-refractivity contribution is -0.384. The van der Waals surface area contributed by atoms with Gasteiger partial charge in [0.25, 0.3) is 14.0 Å². The van der Waals surface area contributed by atoms with Crippen molar-refractivity contribution in [2.45, 2.75) is 109 Å². The Morgan fingerprint density at radius 2 is 1.41 bits per heavy atom. The van der Waals surface area contributed by atoms with E-state index in [4.69, 9.17) is 13.6 Å². The topological polar surface area (TPSA) is 105 Å². The van der Waals surface area contributed by atoms with Crippen molar-refractivity contribution in [1.82, 2.24) is 0 Å². The molecule has 0 amide bonds. The van der Waals surface area contributed by atoms with E-state index in [0.29, 0.717) is 19.4 Å². The Bertz CT molecular complexity index is 1660. The van der Waals surface area contributed by atoms with Gasteiger partial charge in [-0.1, -0.05) is 128 Å². The van der Waals surface area contributed by atoms with Gasteiger partial charge in [-0.3, -0.25) is 19.7 Å². The van der Waals surface area contributed by atoms with Gasteiger partial charge < -0.3 is 13.6 Å². The van der Waals surface area contributed by atoms with E-state index in [1.54, 1.807) is 6.07 Å². The highest BCUT2D eigenvalue weighted by Crippen LogP contribution is 2.51. The van der Waals surface area contributed by atoms with Crippen molar-refractivity contribution in [3.8, 4) is 0 Å². The molecule has 4 rings (SSSR count). The van der Waals surface area contributed by atoms with Gasteiger partial charge in [-0.05, 0) is 63.8 Å². The van der Waals surface area contributed by atoms with Gasteiger partial charge in [0.05, 0.1) is 12.0 Å². The van der Waals surface area contributed by atoms with Gasteiger partial charge in [-0.2, -0.15) is 0 Å². The molecule has 0 radical (unpaired) electrons. The number of hydrogen-bond acceptors (Lipinski definition) is 7. The first kappa shape index (κ1) is 40.3. The number of non-ortho nitro benzene ring substituents is 1. The molecule has 1 aliphatic rings. The number of hydrogen-bond donors (Lipinski definition) is 0. The number of rotatable bonds is 12. The van der Waals surface area contributed by atoms with Crippen molar-refractivity contribution in [1.29, 1.82) is 0 Å². The molecular formula is C41H57NO7Si2. The number of nitrogens with zero attached hydrogens (tertiary/aromatic N) is 1. The quantitative estimate of drug-likeness (QED) is 0.0606. The number of Topliss-reactive ketones (excluding diaryl/α,β-unsaturated/α-hetero) is 1. The number of nitro groups is 1. The molecule has 0 saturated heterocycles. The maximum Gasteiger partial charge on any atom is 0.324 e. The third kappa shape index (κ3) is 7.84. The number of ketones is 1. The van der Waals surface area contributed by atoms with Crippen LogP contribution in [0.1, 0.15) is 80.2 Å². The molecule has 0 aromatic heterocycles. The van der Waals surface area contributed by atoms with Crippen LogP contribution in [0, 0.1) is 21.4 Å². The molecular weight excluding hydrogens is 675 g/mol. The summed E-state index contributed by atoms with van der Waals surface area (Å²) in [5, 5.41) is 13.8. The summed E-state index contributed by atoms with van der Waals surface area (Å²) in [6.45, 7) is 22.2. The van der Waals surface area contributed by atoms with E-state index in [2.05, 4.69) is 92.7 Å². The largest absolute Gasteiger partial charge is 0.468 e. The first-order valence-corrected chi connectivity index (χ1v) is 22.8. The van der Waals surface area contributed by atoms with Crippen LogP contribution >= 0.6 is 0 Å². The second kappa shape index (κ2) is 14.9. The predicted octanol–water partition coefficient (Wildman–Crippen LogP) is 8.37. The van der Waals surface area contributed by atoms with Crippen molar-refractivity contribution < 1.29 is 28.1 Å². The minimum Gasteiger partial charge on any atom is -0.468 e. The van der Waals surface area contributed by atoms with E-state index in [1.165, 1.54) is 25.3 Å². The molecule has 0 bridgehead atoms. The van der Waals surface area contributed by atoms with Crippen molar-refractivity contribution in [3.05, 3.63) is 101 Å². The fourth-order valence-corrected chi connectivity index (χ4v) is 13.2. The van der Waals surface area contributed by atoms with Gasteiger partial charge in [-0.15, -0.1) is 0 Å². The molecule has 276 valence electrons. The Hall–Kier alpha value is -3.45. The van der Waals surface area contributed by atoms with E-state index in [9.17, 15) is 14.9 Å². The summed E-state index contributed by atoms with van der Waals surface area (Å²) in [7, 11) is -3.95. The van der Waals surface area contributed by atoms with Crippen molar-refractivity contribution in [2.24, 2.45) is 11.3 Å². The molecule has 0 N–H and O–H groups in total. The lowest BCUT2D eigenvalue weighted by atomic mass is 9.57. The van der Waals surface area contributed by atoms with Crippen LogP contribution in [0.4, 0.5) is 5.69 Å². The van der Waals surface area contributed by atoms with Crippen LogP contribution in [-0.2, 0) is 28.6 Å². The van der Waals surface area contributed by atoms with Gasteiger partial charge in [0.15, 0.2) is 19.5 Å². The first-order valence-electron chi connectivity index (χ1n) is 17.9. The van der Waals surface area contributed by atoms with Crippen LogP contribution in [0.5, 0.6) is 0 Å². The molecule has 1 saturated carbocycles. The molecule has 3 aromatic carbocycles. The Morgan fingerprint density at radius 1 is 0.863 bits per heavy atom. The maximum atomic E-state index is 15.2. The predicted molar refractivity (Wildman–Crippen MR) is 209 cm³/mol. The van der Waals surface area contributed by atoms with E-state index in [0.717, 1.165) is 10.4 Å². The van der Waals surface area contributed by atoms with E-state index >= 15 is 4.79 Å². The van der Waals surface area contributed by atoms with Crippen LogP contribution in [0.25, 0.3) is 0 Å². The molecule has 1 aliphatic carbocycles. The van der Waals surface area contributed by atoms with Gasteiger partial charge in [-0.25, -0.2) is 0 Å². The number of esters is 1. The Balaban J connectivity index is 1.94. The highest BCUT2D eigenvalue weighted by atomic mass is 28.4. The molecule has 0 spiro atoms. The summed E-state index contributed by atoms with van der Waals surface area (Å²) >= 11 is 0. The van der Waals surface area contributed by atoms with Gasteiger partial charge >= 0.3 is 5.97 Å². The van der Waals surface area contributed by atoms with E-state index in [-0.39, 0.29) is 33.5 Å². The zero-order chi connectivity index (χ0) is 38.0. The number of nitro benzene ring substituents is 1. The van der Waals surface area contributed by atoms with Crippen LogP contribution < -0.4 is 10.4 Å². The fourth-order valence-electron chi connectivity index (χ4n) is 7.48. The number of benzene rings is 3. The molecule has 1 fully saturated rings. The monoisotopic (exact) mass is 731 g/mol. The Kier molecular flexibility index (Phi) is 11.8. The number of carbonyl (C=O) groups excluding carboxylic acids is 2. The third-order valence-electron chi connectivity index (χ3n) is 11.6. The zero-order valence-electron chi connectivity index (χ0n) is 32.4. The second-order valence-electron chi connectivity index (χ2n) is 17.3. The van der Waals surface area contributed by atoms with Crippen LogP contribution in [-0.4, -0.2) is 53.1 Å². The number of ether oxygens (including phenoxy) is 1. The summed E-state index contributed by atoms with van der Waals surface area (Å²) in [6, 6.07) is 26.4. The van der Waals surface area contributed by atoms with Gasteiger partial charge in [0, 0.05) is 30.8 Å². The molecule has 0 unspecified atom stereocenters. The van der Waals surface area contributed by atoms with E-state index in [1.807, 2.05) is 36.4 Å². The molecule has 0 heterocycles. The minimum absolute atomic E-state index is 0.00276. The van der Waals surface area contributed by atoms with Crippen molar-refractivity contribution in [2.75, 3.05) is 13.7 Å². The number of methoxy groups -OCH3 is 1. The molecule has 8 nitrogen and oxygen atoms in total. The average Bonchev–Trinajstić information content (AvgIpc) is 3.07. The molecule has 3 aromatic rings. The fraction of sp³-hybridized carbons (Fsp3) is 0.512. The standard InChI is InChI=1S/C41H57NO7Si2/c1-38(2,3)50(10,11)48-26-25-40(7,8)35-28-32(29-41(36(35)43,37(44)47-9)30-19-18-20-31(27-30)42(45)46)49-51(39(4,5)6,33-21-14-12-15-22-33)34-23-16-13-17-24-34/h12-24,27,32,35H,25-26,28-29H2,1-11H3/t32-,35+,41+/m0/s1. The smallest absolute Gasteiger partial charge is 0.324 e. The maximum absolute atomic E-state index is 15.2. The lowest BCUT2D eigenvalue weighted by Gasteiger charge is -2.51. The summed E-state index contributed by atoms with van der Waals surface area (Å²) in [5.74, 6) is -1.67. The third-order valence-corrected chi connectivity index (χ3v) is 21.2. The summed E-state index contributed by atoms with van der Waals surface area (Å²) in [6.07, 6.45) is 0.382. The normalized spacial score (nSPS) is 20.6. The Labute approximate surface area is 306 Å². The summed E-state index contributed by atoms with van der Waals surface area (Å²) in [4.78, 5) is 41.0. The second-order valence-corrected chi connectivity index (χ2v) is 26.4. The minimum atomic E-state index is -3.15. The summed E-state index contributed by atoms with van der Waals surface area (Å²) in [5.41, 5.74) is -2.38. The van der Waals surface area contributed by atoms with E-state index < -0.39 is 50.4 Å². The van der Waals surface area contributed by atoms with Crippen LogP contribution in [0.15, 0.2) is 84.9 Å².